The fraction of sp³-hybridized carbons (Fsp3) is 0.900. The van der Waals surface area contributed by atoms with Gasteiger partial charge >= 0.3 is 0 Å². The first-order chi connectivity index (χ1) is 6.11. The molecule has 0 aromatic heterocycles. The van der Waals surface area contributed by atoms with Crippen LogP contribution in [0, 0.1) is 5.92 Å². The van der Waals surface area contributed by atoms with Gasteiger partial charge in [0.05, 0.1) is 0 Å². The Balaban J connectivity index is 3.68. The van der Waals surface area contributed by atoms with Crippen LogP contribution in [0.1, 0.15) is 46.5 Å². The molecule has 3 heteroatoms. The highest BCUT2D eigenvalue weighted by Crippen LogP contribution is 2.04. The monoisotopic (exact) mass is 186 g/mol. The third-order valence-electron chi connectivity index (χ3n) is 2.27. The minimum Gasteiger partial charge on any atom is -0.280 e. The Kier molecular flexibility index (Phi) is 6.59. The second-order valence-electron chi connectivity index (χ2n) is 3.66. The lowest BCUT2D eigenvalue weighted by Gasteiger charge is -2.19. The van der Waals surface area contributed by atoms with Gasteiger partial charge in [0, 0.05) is 13.0 Å². The van der Waals surface area contributed by atoms with Crippen LogP contribution in [-0.4, -0.2) is 17.5 Å². The van der Waals surface area contributed by atoms with Gasteiger partial charge in [0.25, 0.3) is 0 Å². The standard InChI is InChI=1S/C10H22N2O/c1-4-6-7-10(13)12(11)8-9(3)5-2/h9H,4-8,11H2,1-3H3/t9-/m0/s1. The summed E-state index contributed by atoms with van der Waals surface area (Å²) in [7, 11) is 0. The van der Waals surface area contributed by atoms with E-state index < -0.39 is 0 Å². The molecule has 0 rings (SSSR count). The van der Waals surface area contributed by atoms with Crippen molar-refractivity contribution in [3.8, 4) is 0 Å². The summed E-state index contributed by atoms with van der Waals surface area (Å²) in [6.45, 7) is 6.96. The number of hydrogen-bond acceptors (Lipinski definition) is 2. The first-order valence-electron chi connectivity index (χ1n) is 5.16. The molecule has 78 valence electrons. The van der Waals surface area contributed by atoms with E-state index in [1.807, 2.05) is 0 Å². The van der Waals surface area contributed by atoms with Gasteiger partial charge in [-0.1, -0.05) is 33.6 Å². The number of hydrazine groups is 1. The summed E-state index contributed by atoms with van der Waals surface area (Å²) in [5, 5.41) is 1.36. The average Bonchev–Trinajstić information content (AvgIpc) is 2.13. The molecule has 1 amide bonds. The molecule has 0 saturated heterocycles. The van der Waals surface area contributed by atoms with E-state index in [9.17, 15) is 4.79 Å². The van der Waals surface area contributed by atoms with Gasteiger partial charge in [0.1, 0.15) is 0 Å². The van der Waals surface area contributed by atoms with Crippen LogP contribution in [0.4, 0.5) is 0 Å². The van der Waals surface area contributed by atoms with Crippen LogP contribution in [0.5, 0.6) is 0 Å². The maximum Gasteiger partial charge on any atom is 0.236 e. The molecule has 2 N–H and O–H groups in total. The summed E-state index contributed by atoms with van der Waals surface area (Å²) in [6, 6.07) is 0. The topological polar surface area (TPSA) is 46.3 Å². The highest BCUT2D eigenvalue weighted by Gasteiger charge is 2.10. The summed E-state index contributed by atoms with van der Waals surface area (Å²) < 4.78 is 0. The molecule has 0 bridgehead atoms. The predicted molar refractivity (Wildman–Crippen MR) is 54.9 cm³/mol. The number of carbonyl (C=O) groups excluding carboxylic acids is 1. The summed E-state index contributed by atoms with van der Waals surface area (Å²) in [5.41, 5.74) is 0. The second kappa shape index (κ2) is 6.89. The smallest absolute Gasteiger partial charge is 0.236 e. The Morgan fingerprint density at radius 1 is 1.46 bits per heavy atom. The van der Waals surface area contributed by atoms with Crippen molar-refractivity contribution >= 4 is 5.91 Å². The normalized spacial score (nSPS) is 12.6. The van der Waals surface area contributed by atoms with Crippen molar-refractivity contribution in [2.75, 3.05) is 6.54 Å². The van der Waals surface area contributed by atoms with Gasteiger partial charge in [-0.2, -0.15) is 0 Å². The van der Waals surface area contributed by atoms with Crippen molar-refractivity contribution in [1.82, 2.24) is 5.01 Å². The lowest BCUT2D eigenvalue weighted by Crippen LogP contribution is -2.40. The number of carbonyl (C=O) groups is 1. The van der Waals surface area contributed by atoms with Gasteiger partial charge in [-0.05, 0) is 12.3 Å². The molecule has 0 aliphatic rings. The second-order valence-corrected chi connectivity index (χ2v) is 3.66. The number of nitrogens with two attached hydrogens (primary N) is 1. The van der Waals surface area contributed by atoms with E-state index in [4.69, 9.17) is 5.84 Å². The maximum absolute atomic E-state index is 11.4. The van der Waals surface area contributed by atoms with E-state index in [2.05, 4.69) is 20.8 Å². The first-order valence-corrected chi connectivity index (χ1v) is 5.16. The molecule has 0 heterocycles. The third-order valence-corrected chi connectivity index (χ3v) is 2.27. The first kappa shape index (κ1) is 12.4. The average molecular weight is 186 g/mol. The zero-order valence-corrected chi connectivity index (χ0v) is 9.05. The fourth-order valence-corrected chi connectivity index (χ4v) is 1.04. The lowest BCUT2D eigenvalue weighted by atomic mass is 10.1. The Labute approximate surface area is 81.3 Å². The predicted octanol–water partition coefficient (Wildman–Crippen LogP) is 1.93. The molecule has 3 nitrogen and oxygen atoms in total. The molecule has 0 aromatic carbocycles. The number of unbranched alkanes of at least 4 members (excludes halogenated alkanes) is 1. The largest absolute Gasteiger partial charge is 0.280 e. The van der Waals surface area contributed by atoms with Gasteiger partial charge in [-0.25, -0.2) is 5.84 Å². The van der Waals surface area contributed by atoms with Gasteiger partial charge < -0.3 is 0 Å². The van der Waals surface area contributed by atoms with E-state index in [0.29, 0.717) is 18.9 Å². The summed E-state index contributed by atoms with van der Waals surface area (Å²) in [4.78, 5) is 11.4. The van der Waals surface area contributed by atoms with Crippen molar-refractivity contribution in [2.24, 2.45) is 11.8 Å². The molecule has 0 saturated carbocycles. The Hall–Kier alpha value is -0.570. The SMILES string of the molecule is CCCCC(=O)N(N)C[C@@H](C)CC. The van der Waals surface area contributed by atoms with Crippen molar-refractivity contribution < 1.29 is 4.79 Å². The molecule has 0 unspecified atom stereocenters. The minimum atomic E-state index is 0.0714. The number of amides is 1. The quantitative estimate of drug-likeness (QED) is 0.391. The molecule has 1 atom stereocenters. The Bertz CT molecular complexity index is 148. The van der Waals surface area contributed by atoms with Crippen molar-refractivity contribution in [3.05, 3.63) is 0 Å². The molecule has 0 aromatic rings. The van der Waals surface area contributed by atoms with Crippen molar-refractivity contribution in [3.63, 3.8) is 0 Å². The number of hydrogen-bond donors (Lipinski definition) is 1. The van der Waals surface area contributed by atoms with Crippen LogP contribution in [-0.2, 0) is 4.79 Å². The maximum atomic E-state index is 11.4. The summed E-state index contributed by atoms with van der Waals surface area (Å²) >= 11 is 0. The Morgan fingerprint density at radius 2 is 2.08 bits per heavy atom. The molecule has 13 heavy (non-hydrogen) atoms. The van der Waals surface area contributed by atoms with E-state index in [0.717, 1.165) is 19.3 Å². The van der Waals surface area contributed by atoms with Gasteiger partial charge in [-0.3, -0.25) is 9.80 Å². The summed E-state index contributed by atoms with van der Waals surface area (Å²) in [5.74, 6) is 6.19. The van der Waals surface area contributed by atoms with Crippen LogP contribution >= 0.6 is 0 Å². The van der Waals surface area contributed by atoms with E-state index in [1.54, 1.807) is 0 Å². The van der Waals surface area contributed by atoms with Gasteiger partial charge in [0.15, 0.2) is 0 Å². The molecular weight excluding hydrogens is 164 g/mol. The van der Waals surface area contributed by atoms with Crippen molar-refractivity contribution in [1.29, 1.82) is 0 Å². The van der Waals surface area contributed by atoms with Crippen LogP contribution < -0.4 is 5.84 Å². The number of rotatable bonds is 6. The van der Waals surface area contributed by atoms with Crippen LogP contribution in [0.3, 0.4) is 0 Å². The molecule has 0 aliphatic carbocycles. The highest BCUT2D eigenvalue weighted by molar-refractivity contribution is 5.75. The Morgan fingerprint density at radius 3 is 2.54 bits per heavy atom. The van der Waals surface area contributed by atoms with Crippen molar-refractivity contribution in [2.45, 2.75) is 46.5 Å². The van der Waals surface area contributed by atoms with Gasteiger partial charge in [-0.15, -0.1) is 0 Å². The zero-order valence-electron chi connectivity index (χ0n) is 9.05. The van der Waals surface area contributed by atoms with E-state index in [1.165, 1.54) is 5.01 Å². The van der Waals surface area contributed by atoms with Gasteiger partial charge in [0.2, 0.25) is 5.91 Å². The molecule has 0 fully saturated rings. The van der Waals surface area contributed by atoms with E-state index >= 15 is 0 Å². The number of nitrogens with zero attached hydrogens (tertiary/aromatic N) is 1. The third kappa shape index (κ3) is 5.64. The zero-order chi connectivity index (χ0) is 10.3. The van der Waals surface area contributed by atoms with Crippen LogP contribution in [0.25, 0.3) is 0 Å². The highest BCUT2D eigenvalue weighted by atomic mass is 16.2. The summed E-state index contributed by atoms with van der Waals surface area (Å²) in [6.07, 6.45) is 3.63. The molecular formula is C10H22N2O. The van der Waals surface area contributed by atoms with Crippen LogP contribution in [0.2, 0.25) is 0 Å². The molecule has 0 aliphatic heterocycles. The molecule has 0 radical (unpaired) electrons. The molecule has 0 spiro atoms. The van der Waals surface area contributed by atoms with E-state index in [-0.39, 0.29) is 5.91 Å². The van der Waals surface area contributed by atoms with Crippen LogP contribution in [0.15, 0.2) is 0 Å². The minimum absolute atomic E-state index is 0.0714. The lowest BCUT2D eigenvalue weighted by molar-refractivity contribution is -0.132. The fourth-order valence-electron chi connectivity index (χ4n) is 1.04.